The first-order valence-corrected chi connectivity index (χ1v) is 12.9. The quantitative estimate of drug-likeness (QED) is 0.466. The number of amides is 1. The molecule has 35 heavy (non-hydrogen) atoms. The minimum Gasteiger partial charge on any atom is -0.444 e. The van der Waals surface area contributed by atoms with Crippen LogP contribution in [0.15, 0.2) is 36.4 Å². The number of carbonyl (C=O) groups is 1. The molecular weight excluding hydrogens is 436 g/mol. The van der Waals surface area contributed by atoms with Crippen molar-refractivity contribution in [3.63, 3.8) is 0 Å². The predicted molar refractivity (Wildman–Crippen MR) is 140 cm³/mol. The van der Waals surface area contributed by atoms with E-state index in [-0.39, 0.29) is 6.09 Å². The lowest BCUT2D eigenvalue weighted by Gasteiger charge is -2.34. The number of hydrogen-bond donors (Lipinski definition) is 2. The van der Waals surface area contributed by atoms with E-state index in [1.165, 1.54) is 39.8 Å². The van der Waals surface area contributed by atoms with E-state index in [2.05, 4.69) is 46.7 Å². The number of hydrogen-bond acceptors (Lipinski definition) is 4. The number of nitrogens with zero attached hydrogens (tertiary/aromatic N) is 2. The molecular formula is C29H34N4O2. The van der Waals surface area contributed by atoms with Gasteiger partial charge in [0.2, 0.25) is 0 Å². The molecule has 3 heterocycles. The van der Waals surface area contributed by atoms with Crippen LogP contribution in [0, 0.1) is 5.92 Å². The fourth-order valence-electron chi connectivity index (χ4n) is 5.85. The van der Waals surface area contributed by atoms with Crippen molar-refractivity contribution in [2.24, 2.45) is 5.92 Å². The lowest BCUT2D eigenvalue weighted by atomic mass is 9.86. The summed E-state index contributed by atoms with van der Waals surface area (Å²) in [6.45, 7) is 7.24. The van der Waals surface area contributed by atoms with Crippen LogP contribution in [0.25, 0.3) is 16.6 Å². The average molecular weight is 471 g/mol. The van der Waals surface area contributed by atoms with Crippen LogP contribution in [-0.4, -0.2) is 39.7 Å². The Morgan fingerprint density at radius 1 is 1.14 bits per heavy atom. The first-order valence-electron chi connectivity index (χ1n) is 12.9. The highest BCUT2D eigenvalue weighted by atomic mass is 16.6. The summed E-state index contributed by atoms with van der Waals surface area (Å²) in [4.78, 5) is 22.7. The Kier molecular flexibility index (Phi) is 5.35. The number of piperidine rings is 1. The van der Waals surface area contributed by atoms with E-state index in [4.69, 9.17) is 9.72 Å². The highest BCUT2D eigenvalue weighted by Gasteiger charge is 2.30. The lowest BCUT2D eigenvalue weighted by molar-refractivity contribution is 0.0200. The minimum atomic E-state index is -0.454. The van der Waals surface area contributed by atoms with Crippen molar-refractivity contribution >= 4 is 34.2 Å². The van der Waals surface area contributed by atoms with Gasteiger partial charge in [0, 0.05) is 29.9 Å². The van der Waals surface area contributed by atoms with E-state index < -0.39 is 5.60 Å². The summed E-state index contributed by atoms with van der Waals surface area (Å²) in [6, 6.07) is 10.9. The van der Waals surface area contributed by atoms with Gasteiger partial charge >= 0.3 is 6.09 Å². The zero-order valence-electron chi connectivity index (χ0n) is 20.9. The monoisotopic (exact) mass is 470 g/mol. The number of benzene rings is 1. The molecule has 1 fully saturated rings. The fraction of sp³-hybridized carbons (Fsp3) is 0.448. The molecule has 3 aromatic rings. The molecule has 6 rings (SSSR count). The van der Waals surface area contributed by atoms with Crippen LogP contribution in [0.3, 0.4) is 0 Å². The number of likely N-dealkylation sites (tertiary alicyclic amines) is 1. The molecule has 0 saturated carbocycles. The number of nitrogens with one attached hydrogen (secondary N) is 2. The zero-order valence-corrected chi connectivity index (χ0v) is 20.9. The Morgan fingerprint density at radius 3 is 2.77 bits per heavy atom. The van der Waals surface area contributed by atoms with Crippen LogP contribution < -0.4 is 5.32 Å². The van der Waals surface area contributed by atoms with Gasteiger partial charge in [-0.3, -0.25) is 0 Å². The number of allylic oxidation sites excluding steroid dienone is 2. The molecule has 182 valence electrons. The Hall–Kier alpha value is -3.28. The Labute approximate surface area is 206 Å². The van der Waals surface area contributed by atoms with E-state index in [1.54, 1.807) is 0 Å². The molecule has 0 unspecified atom stereocenters. The topological polar surface area (TPSA) is 70.2 Å². The normalized spacial score (nSPS) is 17.9. The lowest BCUT2D eigenvalue weighted by Crippen LogP contribution is -2.41. The van der Waals surface area contributed by atoms with Crippen LogP contribution in [0.2, 0.25) is 0 Å². The number of rotatable bonds is 3. The van der Waals surface area contributed by atoms with Crippen molar-refractivity contribution in [3.05, 3.63) is 58.8 Å². The van der Waals surface area contributed by atoms with Crippen LogP contribution in [0.4, 0.5) is 16.3 Å². The maximum Gasteiger partial charge on any atom is 0.410 e. The van der Waals surface area contributed by atoms with Gasteiger partial charge in [0.05, 0.1) is 0 Å². The molecule has 1 aliphatic heterocycles. The third-order valence-corrected chi connectivity index (χ3v) is 7.53. The second kappa shape index (κ2) is 8.43. The molecule has 0 bridgehead atoms. The number of ether oxygens (including phenoxy) is 1. The number of aromatic nitrogens is 2. The minimum absolute atomic E-state index is 0.194. The Balaban J connectivity index is 1.15. The zero-order chi connectivity index (χ0) is 24.2. The van der Waals surface area contributed by atoms with Gasteiger partial charge in [-0.2, -0.15) is 0 Å². The summed E-state index contributed by atoms with van der Waals surface area (Å²) in [7, 11) is 0. The first-order chi connectivity index (χ1) is 16.8. The summed E-state index contributed by atoms with van der Waals surface area (Å²) in [5, 5.41) is 4.79. The molecule has 6 heteroatoms. The number of pyridine rings is 1. The molecule has 1 amide bonds. The van der Waals surface area contributed by atoms with Gasteiger partial charge in [0.15, 0.2) is 0 Å². The van der Waals surface area contributed by atoms with Crippen LogP contribution >= 0.6 is 0 Å². The largest absolute Gasteiger partial charge is 0.444 e. The van der Waals surface area contributed by atoms with Crippen molar-refractivity contribution in [2.45, 2.75) is 64.9 Å². The molecule has 6 nitrogen and oxygen atoms in total. The number of anilines is 2. The highest BCUT2D eigenvalue weighted by molar-refractivity contribution is 5.84. The maximum absolute atomic E-state index is 12.5. The molecule has 2 aliphatic carbocycles. The Bertz CT molecular complexity index is 1320. The summed E-state index contributed by atoms with van der Waals surface area (Å²) < 4.78 is 5.57. The smallest absolute Gasteiger partial charge is 0.410 e. The Morgan fingerprint density at radius 2 is 1.97 bits per heavy atom. The number of aryl methyl sites for hydroxylation is 2. The maximum atomic E-state index is 12.5. The average Bonchev–Trinajstić information content (AvgIpc) is 3.52. The SMILES string of the molecule is CC(C)(C)OC(=O)N1CCC(C2=CCc3ccc(Nc4ccc5c6c([nH]c5n4)CCC6)cc32)CC1. The predicted octanol–water partition coefficient (Wildman–Crippen LogP) is 6.38. The first kappa shape index (κ1) is 22.2. The second-order valence-corrected chi connectivity index (χ2v) is 11.1. The number of carbonyl (C=O) groups excluding carboxylic acids is 1. The third kappa shape index (κ3) is 4.30. The van der Waals surface area contributed by atoms with Gasteiger partial charge in [0.1, 0.15) is 17.1 Å². The van der Waals surface area contributed by atoms with Crippen molar-refractivity contribution < 1.29 is 9.53 Å². The van der Waals surface area contributed by atoms with Gasteiger partial charge in [0.25, 0.3) is 0 Å². The van der Waals surface area contributed by atoms with E-state index in [0.29, 0.717) is 5.92 Å². The summed E-state index contributed by atoms with van der Waals surface area (Å²) in [6.07, 6.45) is 8.63. The summed E-state index contributed by atoms with van der Waals surface area (Å²) in [5.74, 6) is 1.34. The van der Waals surface area contributed by atoms with Crippen molar-refractivity contribution in [2.75, 3.05) is 18.4 Å². The van der Waals surface area contributed by atoms with E-state index >= 15 is 0 Å². The molecule has 0 atom stereocenters. The number of fused-ring (bicyclic) bond motifs is 4. The van der Waals surface area contributed by atoms with Crippen molar-refractivity contribution in [1.82, 2.24) is 14.9 Å². The van der Waals surface area contributed by atoms with Crippen molar-refractivity contribution in [3.8, 4) is 0 Å². The second-order valence-electron chi connectivity index (χ2n) is 11.1. The molecule has 3 aliphatic rings. The molecule has 2 aromatic heterocycles. The third-order valence-electron chi connectivity index (χ3n) is 7.53. The molecule has 1 saturated heterocycles. The van der Waals surface area contributed by atoms with E-state index in [9.17, 15) is 4.79 Å². The van der Waals surface area contributed by atoms with Crippen LogP contribution in [-0.2, 0) is 24.0 Å². The van der Waals surface area contributed by atoms with Gasteiger partial charge in [-0.25, -0.2) is 9.78 Å². The summed E-state index contributed by atoms with van der Waals surface area (Å²) >= 11 is 0. The van der Waals surface area contributed by atoms with Gasteiger partial charge < -0.3 is 19.9 Å². The van der Waals surface area contributed by atoms with Gasteiger partial charge in [-0.05, 0) is 112 Å². The van der Waals surface area contributed by atoms with Crippen LogP contribution in [0.1, 0.15) is 62.4 Å². The van der Waals surface area contributed by atoms with Crippen molar-refractivity contribution in [1.29, 1.82) is 0 Å². The van der Waals surface area contributed by atoms with Crippen LogP contribution in [0.5, 0.6) is 0 Å². The molecule has 2 N–H and O–H groups in total. The standard InChI is InChI=1S/C29H34N4O2/c1-29(2,3)35-28(34)33-15-13-19(14-16-33)21-10-8-18-7-9-20(17-24(18)21)30-26-12-11-23-22-5-4-6-25(22)31-27(23)32-26/h7,9-12,17,19H,4-6,8,13-16H2,1-3H3,(H2,30,31,32). The number of H-pyrrole nitrogens is 1. The molecule has 0 radical (unpaired) electrons. The van der Waals surface area contributed by atoms with Gasteiger partial charge in [-0.15, -0.1) is 0 Å². The van der Waals surface area contributed by atoms with E-state index in [0.717, 1.165) is 62.3 Å². The molecule has 0 spiro atoms. The van der Waals surface area contributed by atoms with Gasteiger partial charge in [-0.1, -0.05) is 12.1 Å². The van der Waals surface area contributed by atoms with E-state index in [1.807, 2.05) is 25.7 Å². The summed E-state index contributed by atoms with van der Waals surface area (Å²) in [5.41, 5.74) is 8.54. The fourth-order valence-corrected chi connectivity index (χ4v) is 5.85. The number of aromatic amines is 1. The highest BCUT2D eigenvalue weighted by Crippen LogP contribution is 2.40. The molecule has 1 aromatic carbocycles.